The molecule has 2 aromatic rings. The second-order valence-electron chi connectivity index (χ2n) is 5.99. The predicted octanol–water partition coefficient (Wildman–Crippen LogP) is 2.39. The molecule has 0 unspecified atom stereocenters. The monoisotopic (exact) mass is 391 g/mol. The molecule has 27 heavy (non-hydrogen) atoms. The highest BCUT2D eigenvalue weighted by Gasteiger charge is 2.19. The van der Waals surface area contributed by atoms with Crippen LogP contribution in [0.1, 0.15) is 22.8 Å². The molecule has 2 aromatic carbocycles. The Morgan fingerprint density at radius 3 is 2.26 bits per heavy atom. The van der Waals surface area contributed by atoms with Gasteiger partial charge in [0.2, 0.25) is 0 Å². The van der Waals surface area contributed by atoms with Crippen LogP contribution >= 0.6 is 0 Å². The summed E-state index contributed by atoms with van der Waals surface area (Å²) in [6, 6.07) is 11.0. The number of hydrogen-bond donors (Lipinski definition) is 1. The lowest BCUT2D eigenvalue weighted by atomic mass is 10.1. The van der Waals surface area contributed by atoms with Gasteiger partial charge in [-0.25, -0.2) is 13.2 Å². The number of carboxylic acids is 1. The standard InChI is InChI=1S/C19H21NO6S/c1-4-13-5-6-14(11-17(13)27(3,24)25)19(23)20(2)15-7-9-16(10-8-15)26-12-18(21)22/h5-11H,4,12H2,1-3H3,(H,21,22). The first-order valence-electron chi connectivity index (χ1n) is 8.19. The fourth-order valence-electron chi connectivity index (χ4n) is 2.55. The Balaban J connectivity index is 2.25. The molecule has 2 rings (SSSR count). The molecule has 144 valence electrons. The van der Waals surface area contributed by atoms with Gasteiger partial charge in [-0.05, 0) is 48.4 Å². The summed E-state index contributed by atoms with van der Waals surface area (Å²) in [5, 5.41) is 8.61. The van der Waals surface area contributed by atoms with Gasteiger partial charge in [0.15, 0.2) is 16.4 Å². The van der Waals surface area contributed by atoms with Crippen molar-refractivity contribution in [1.29, 1.82) is 0 Å². The molecule has 0 aliphatic carbocycles. The van der Waals surface area contributed by atoms with E-state index in [1.807, 2.05) is 6.92 Å². The summed E-state index contributed by atoms with van der Waals surface area (Å²) in [5.74, 6) is -1.07. The molecule has 7 nitrogen and oxygen atoms in total. The molecule has 0 heterocycles. The number of sulfone groups is 1. The first kappa shape index (κ1) is 20.4. The maximum absolute atomic E-state index is 12.7. The van der Waals surface area contributed by atoms with Crippen molar-refractivity contribution in [1.82, 2.24) is 0 Å². The molecule has 8 heteroatoms. The Kier molecular flexibility index (Phi) is 6.22. The number of aliphatic carboxylic acids is 1. The van der Waals surface area contributed by atoms with E-state index in [1.54, 1.807) is 43.4 Å². The average molecular weight is 391 g/mol. The maximum Gasteiger partial charge on any atom is 0.341 e. The van der Waals surface area contributed by atoms with Crippen molar-refractivity contribution in [2.45, 2.75) is 18.2 Å². The number of aryl methyl sites for hydroxylation is 1. The smallest absolute Gasteiger partial charge is 0.341 e. The second-order valence-corrected chi connectivity index (χ2v) is 7.97. The van der Waals surface area contributed by atoms with Crippen molar-refractivity contribution >= 4 is 27.4 Å². The van der Waals surface area contributed by atoms with Gasteiger partial charge < -0.3 is 14.7 Å². The number of amides is 1. The zero-order chi connectivity index (χ0) is 20.2. The summed E-state index contributed by atoms with van der Waals surface area (Å²) in [5.41, 5.74) is 1.49. The van der Waals surface area contributed by atoms with Crippen LogP contribution in [0.5, 0.6) is 5.75 Å². The van der Waals surface area contributed by atoms with Crippen LogP contribution in [-0.2, 0) is 21.1 Å². The van der Waals surface area contributed by atoms with Crippen molar-refractivity contribution in [3.63, 3.8) is 0 Å². The van der Waals surface area contributed by atoms with Gasteiger partial charge in [0.25, 0.3) is 5.91 Å². The highest BCUT2D eigenvalue weighted by Crippen LogP contribution is 2.23. The molecule has 0 aliphatic rings. The molecule has 0 aromatic heterocycles. The largest absolute Gasteiger partial charge is 0.482 e. The van der Waals surface area contributed by atoms with E-state index < -0.39 is 22.4 Å². The van der Waals surface area contributed by atoms with Gasteiger partial charge in [-0.1, -0.05) is 13.0 Å². The first-order chi connectivity index (χ1) is 12.6. The lowest BCUT2D eigenvalue weighted by molar-refractivity contribution is -0.139. The summed E-state index contributed by atoms with van der Waals surface area (Å²) in [6.07, 6.45) is 1.67. The van der Waals surface area contributed by atoms with E-state index in [2.05, 4.69) is 0 Å². The Morgan fingerprint density at radius 1 is 1.11 bits per heavy atom. The number of carboxylic acid groups (broad SMARTS) is 1. The molecule has 0 aliphatic heterocycles. The average Bonchev–Trinajstić information content (AvgIpc) is 2.64. The van der Waals surface area contributed by atoms with Gasteiger partial charge in [-0.15, -0.1) is 0 Å². The minimum atomic E-state index is -3.45. The van der Waals surface area contributed by atoms with Crippen LogP contribution in [0, 0.1) is 0 Å². The third kappa shape index (κ3) is 5.07. The maximum atomic E-state index is 12.7. The summed E-state index contributed by atoms with van der Waals surface area (Å²) >= 11 is 0. The molecule has 0 radical (unpaired) electrons. The molecule has 1 amide bonds. The topological polar surface area (TPSA) is 101 Å². The summed E-state index contributed by atoms with van der Waals surface area (Å²) in [7, 11) is -1.87. The quantitative estimate of drug-likeness (QED) is 0.778. The molecule has 0 saturated carbocycles. The molecule has 0 bridgehead atoms. The number of benzene rings is 2. The molecule has 0 spiro atoms. The van der Waals surface area contributed by atoms with Gasteiger partial charge in [-0.2, -0.15) is 0 Å². The number of carbonyl (C=O) groups excluding carboxylic acids is 1. The summed E-state index contributed by atoms with van der Waals surface area (Å²) in [4.78, 5) is 24.8. The highest BCUT2D eigenvalue weighted by atomic mass is 32.2. The predicted molar refractivity (Wildman–Crippen MR) is 101 cm³/mol. The van der Waals surface area contributed by atoms with E-state index in [0.717, 1.165) is 6.26 Å². The molecular weight excluding hydrogens is 370 g/mol. The van der Waals surface area contributed by atoms with Gasteiger partial charge >= 0.3 is 5.97 Å². The van der Waals surface area contributed by atoms with E-state index in [1.165, 1.54) is 11.0 Å². The van der Waals surface area contributed by atoms with E-state index in [-0.39, 0.29) is 16.4 Å². The molecule has 1 N–H and O–H groups in total. The number of nitrogens with zero attached hydrogens (tertiary/aromatic N) is 1. The van der Waals surface area contributed by atoms with Crippen LogP contribution in [0.2, 0.25) is 0 Å². The van der Waals surface area contributed by atoms with Crippen molar-refractivity contribution in [2.24, 2.45) is 0 Å². The van der Waals surface area contributed by atoms with Crippen LogP contribution in [0.25, 0.3) is 0 Å². The fraction of sp³-hybridized carbons (Fsp3) is 0.263. The van der Waals surface area contributed by atoms with Crippen molar-refractivity contribution < 1.29 is 27.9 Å². The van der Waals surface area contributed by atoms with E-state index in [4.69, 9.17) is 9.84 Å². The zero-order valence-electron chi connectivity index (χ0n) is 15.3. The second kappa shape index (κ2) is 8.22. The van der Waals surface area contributed by atoms with Crippen LogP contribution in [0.3, 0.4) is 0 Å². The van der Waals surface area contributed by atoms with Crippen LogP contribution in [-0.4, -0.2) is 45.3 Å². The minimum absolute atomic E-state index is 0.154. The number of anilines is 1. The Hall–Kier alpha value is -2.87. The summed E-state index contributed by atoms with van der Waals surface area (Å²) in [6.45, 7) is 1.40. The van der Waals surface area contributed by atoms with Gasteiger partial charge in [0.1, 0.15) is 5.75 Å². The van der Waals surface area contributed by atoms with Crippen LogP contribution < -0.4 is 9.64 Å². The van der Waals surface area contributed by atoms with Gasteiger partial charge in [-0.3, -0.25) is 4.79 Å². The van der Waals surface area contributed by atoms with Crippen molar-refractivity contribution in [3.8, 4) is 5.75 Å². The van der Waals surface area contributed by atoms with Crippen LogP contribution in [0.4, 0.5) is 5.69 Å². The minimum Gasteiger partial charge on any atom is -0.482 e. The molecular formula is C19H21NO6S. The SMILES string of the molecule is CCc1ccc(C(=O)N(C)c2ccc(OCC(=O)O)cc2)cc1S(C)(=O)=O. The Bertz CT molecular complexity index is 951. The van der Waals surface area contributed by atoms with Crippen molar-refractivity contribution in [3.05, 3.63) is 53.6 Å². The van der Waals surface area contributed by atoms with Crippen molar-refractivity contribution in [2.75, 3.05) is 24.8 Å². The fourth-order valence-corrected chi connectivity index (χ4v) is 3.58. The molecule has 0 atom stereocenters. The van der Waals surface area contributed by atoms with E-state index in [9.17, 15) is 18.0 Å². The Labute approximate surface area is 158 Å². The zero-order valence-corrected chi connectivity index (χ0v) is 16.1. The Morgan fingerprint density at radius 2 is 1.74 bits per heavy atom. The summed E-state index contributed by atoms with van der Waals surface area (Å²) < 4.78 is 29.0. The molecule has 0 fully saturated rings. The number of ether oxygens (including phenoxy) is 1. The van der Waals surface area contributed by atoms with Gasteiger partial charge in [0, 0.05) is 24.6 Å². The number of carbonyl (C=O) groups is 2. The van der Waals surface area contributed by atoms with Crippen LogP contribution in [0.15, 0.2) is 47.4 Å². The number of hydrogen-bond acceptors (Lipinski definition) is 5. The third-order valence-corrected chi connectivity index (χ3v) is 5.16. The van der Waals surface area contributed by atoms with Gasteiger partial charge in [0.05, 0.1) is 4.90 Å². The van der Waals surface area contributed by atoms with E-state index in [0.29, 0.717) is 23.4 Å². The molecule has 0 saturated heterocycles. The third-order valence-electron chi connectivity index (χ3n) is 3.99. The highest BCUT2D eigenvalue weighted by molar-refractivity contribution is 7.90. The lowest BCUT2D eigenvalue weighted by Crippen LogP contribution is -2.26. The van der Waals surface area contributed by atoms with E-state index >= 15 is 0 Å². The number of rotatable bonds is 7. The normalized spacial score (nSPS) is 11.1. The lowest BCUT2D eigenvalue weighted by Gasteiger charge is -2.19. The first-order valence-corrected chi connectivity index (χ1v) is 10.1.